The van der Waals surface area contributed by atoms with Crippen LogP contribution in [0.3, 0.4) is 0 Å². The van der Waals surface area contributed by atoms with Gasteiger partial charge in [-0.2, -0.15) is 0 Å². The van der Waals surface area contributed by atoms with Gasteiger partial charge in [-0.3, -0.25) is 5.32 Å². The molecule has 0 radical (unpaired) electrons. The molecular weight excluding hydrogens is 318 g/mol. The standard InChI is InChI=1S/C18H23N5O2/c1-3-20-15-11-21-17(9-14(15)10-19)23-18(24)22-16(12-25-2)13-7-5-4-6-8-13/h4-11,16,19-20H,3,12H2,1-2H3,(H2,21,22,23,24). The maximum absolute atomic E-state index is 12.3. The van der Waals surface area contributed by atoms with Crippen LogP contribution in [0.4, 0.5) is 16.3 Å². The molecule has 2 amide bonds. The zero-order chi connectivity index (χ0) is 18.1. The van der Waals surface area contributed by atoms with Gasteiger partial charge >= 0.3 is 6.03 Å². The van der Waals surface area contributed by atoms with E-state index in [2.05, 4.69) is 20.9 Å². The first-order valence-electron chi connectivity index (χ1n) is 8.03. The lowest BCUT2D eigenvalue weighted by Crippen LogP contribution is -2.35. The van der Waals surface area contributed by atoms with E-state index in [-0.39, 0.29) is 12.1 Å². The van der Waals surface area contributed by atoms with Crippen molar-refractivity contribution in [3.05, 3.63) is 53.7 Å². The van der Waals surface area contributed by atoms with E-state index in [1.807, 2.05) is 37.3 Å². The number of benzene rings is 1. The molecule has 7 nitrogen and oxygen atoms in total. The zero-order valence-corrected chi connectivity index (χ0v) is 14.4. The van der Waals surface area contributed by atoms with Gasteiger partial charge in [0, 0.05) is 25.4 Å². The molecule has 0 spiro atoms. The Morgan fingerprint density at radius 2 is 2.12 bits per heavy atom. The number of nitrogens with one attached hydrogen (secondary N) is 4. The van der Waals surface area contributed by atoms with Gasteiger partial charge < -0.3 is 20.8 Å². The Morgan fingerprint density at radius 3 is 2.76 bits per heavy atom. The maximum Gasteiger partial charge on any atom is 0.320 e. The van der Waals surface area contributed by atoms with E-state index in [1.54, 1.807) is 19.4 Å². The summed E-state index contributed by atoms with van der Waals surface area (Å²) in [6.45, 7) is 3.05. The Morgan fingerprint density at radius 1 is 1.36 bits per heavy atom. The van der Waals surface area contributed by atoms with Crippen LogP contribution in [0.25, 0.3) is 0 Å². The topological polar surface area (TPSA) is 99.1 Å². The zero-order valence-electron chi connectivity index (χ0n) is 14.4. The van der Waals surface area contributed by atoms with E-state index < -0.39 is 0 Å². The SMILES string of the molecule is CCNc1cnc(NC(=O)NC(COC)c2ccccc2)cc1C=N. The molecule has 1 atom stereocenters. The van der Waals surface area contributed by atoms with Crippen LogP contribution in [0.5, 0.6) is 0 Å². The van der Waals surface area contributed by atoms with E-state index >= 15 is 0 Å². The number of methoxy groups -OCH3 is 1. The van der Waals surface area contributed by atoms with Gasteiger partial charge in [0.15, 0.2) is 0 Å². The van der Waals surface area contributed by atoms with Gasteiger partial charge in [-0.05, 0) is 18.6 Å². The largest absolute Gasteiger partial charge is 0.384 e. The molecule has 1 unspecified atom stereocenters. The summed E-state index contributed by atoms with van der Waals surface area (Å²) in [5.74, 6) is 0.377. The fraction of sp³-hybridized carbons (Fsp3) is 0.278. The molecular formula is C18H23N5O2. The molecule has 0 aliphatic carbocycles. The monoisotopic (exact) mass is 341 g/mol. The van der Waals surface area contributed by atoms with Crippen LogP contribution < -0.4 is 16.0 Å². The highest BCUT2D eigenvalue weighted by molar-refractivity contribution is 5.92. The molecule has 0 bridgehead atoms. The number of hydrogen-bond donors (Lipinski definition) is 4. The summed E-state index contributed by atoms with van der Waals surface area (Å²) in [7, 11) is 1.59. The molecule has 1 aromatic heterocycles. The maximum atomic E-state index is 12.3. The summed E-state index contributed by atoms with van der Waals surface area (Å²) in [6, 6.07) is 10.6. The van der Waals surface area contributed by atoms with Gasteiger partial charge in [-0.25, -0.2) is 9.78 Å². The average molecular weight is 341 g/mol. The van der Waals surface area contributed by atoms with Crippen LogP contribution in [0.2, 0.25) is 0 Å². The molecule has 132 valence electrons. The lowest BCUT2D eigenvalue weighted by atomic mass is 10.1. The molecule has 1 aromatic carbocycles. The molecule has 25 heavy (non-hydrogen) atoms. The molecule has 0 fully saturated rings. The lowest BCUT2D eigenvalue weighted by molar-refractivity contribution is 0.168. The minimum atomic E-state index is -0.384. The van der Waals surface area contributed by atoms with E-state index in [0.717, 1.165) is 17.8 Å². The molecule has 7 heteroatoms. The van der Waals surface area contributed by atoms with Crippen LogP contribution in [0, 0.1) is 5.41 Å². The van der Waals surface area contributed by atoms with Crippen LogP contribution in [0.1, 0.15) is 24.1 Å². The quantitative estimate of drug-likeness (QED) is 0.555. The second kappa shape index (κ2) is 9.39. The Balaban J connectivity index is 2.06. The average Bonchev–Trinajstić information content (AvgIpc) is 2.63. The predicted octanol–water partition coefficient (Wildman–Crippen LogP) is 3.02. The number of urea groups is 1. The summed E-state index contributed by atoms with van der Waals surface area (Å²) in [6.07, 6.45) is 2.82. The minimum Gasteiger partial charge on any atom is -0.384 e. The number of pyridine rings is 1. The van der Waals surface area contributed by atoms with Crippen molar-refractivity contribution in [1.29, 1.82) is 5.41 Å². The van der Waals surface area contributed by atoms with Crippen LogP contribution in [-0.4, -0.2) is 37.5 Å². The summed E-state index contributed by atoms with van der Waals surface area (Å²) < 4.78 is 5.19. The highest BCUT2D eigenvalue weighted by atomic mass is 16.5. The van der Waals surface area contributed by atoms with E-state index in [4.69, 9.17) is 10.1 Å². The number of rotatable bonds is 8. The van der Waals surface area contributed by atoms with Gasteiger partial charge in [0.2, 0.25) is 0 Å². The number of anilines is 2. The Kier molecular flexibility index (Phi) is 6.91. The molecule has 0 saturated carbocycles. The smallest absolute Gasteiger partial charge is 0.320 e. The molecule has 0 saturated heterocycles. The third-order valence-corrected chi connectivity index (χ3v) is 3.54. The second-order valence-electron chi connectivity index (χ2n) is 5.35. The van der Waals surface area contributed by atoms with Gasteiger partial charge in [0.05, 0.1) is 24.5 Å². The van der Waals surface area contributed by atoms with Crippen molar-refractivity contribution in [1.82, 2.24) is 10.3 Å². The summed E-state index contributed by atoms with van der Waals surface area (Å²) in [5.41, 5.74) is 2.36. The Bertz CT molecular complexity index is 706. The van der Waals surface area contributed by atoms with Crippen molar-refractivity contribution in [2.75, 3.05) is 30.9 Å². The predicted molar refractivity (Wildman–Crippen MR) is 99.5 cm³/mol. The number of amides is 2. The van der Waals surface area contributed by atoms with E-state index in [1.165, 1.54) is 6.21 Å². The van der Waals surface area contributed by atoms with Gasteiger partial charge in [0.1, 0.15) is 5.82 Å². The number of carbonyl (C=O) groups excluding carboxylic acids is 1. The molecule has 0 aliphatic heterocycles. The third kappa shape index (κ3) is 5.29. The van der Waals surface area contributed by atoms with Crippen molar-refractivity contribution in [2.24, 2.45) is 0 Å². The molecule has 2 rings (SSSR count). The first-order chi connectivity index (χ1) is 12.2. The first kappa shape index (κ1) is 18.4. The minimum absolute atomic E-state index is 0.269. The van der Waals surface area contributed by atoms with Gasteiger partial charge in [-0.1, -0.05) is 30.3 Å². The fourth-order valence-corrected chi connectivity index (χ4v) is 2.38. The highest BCUT2D eigenvalue weighted by Gasteiger charge is 2.15. The van der Waals surface area contributed by atoms with Crippen molar-refractivity contribution < 1.29 is 9.53 Å². The number of ether oxygens (including phenoxy) is 1. The van der Waals surface area contributed by atoms with Crippen molar-refractivity contribution >= 4 is 23.8 Å². The van der Waals surface area contributed by atoms with E-state index in [9.17, 15) is 4.79 Å². The van der Waals surface area contributed by atoms with Crippen molar-refractivity contribution in [3.63, 3.8) is 0 Å². The van der Waals surface area contributed by atoms with E-state index in [0.29, 0.717) is 18.0 Å². The highest BCUT2D eigenvalue weighted by Crippen LogP contribution is 2.17. The molecule has 2 aromatic rings. The van der Waals surface area contributed by atoms with Gasteiger partial charge in [0.25, 0.3) is 0 Å². The number of aromatic nitrogens is 1. The lowest BCUT2D eigenvalue weighted by Gasteiger charge is -2.19. The number of hydrogen-bond acceptors (Lipinski definition) is 5. The molecule has 1 heterocycles. The Hall–Kier alpha value is -2.93. The van der Waals surface area contributed by atoms with Crippen molar-refractivity contribution in [2.45, 2.75) is 13.0 Å². The Labute approximate surface area is 147 Å². The number of nitrogens with zero attached hydrogens (tertiary/aromatic N) is 1. The normalized spacial score (nSPS) is 11.4. The third-order valence-electron chi connectivity index (χ3n) is 3.54. The summed E-state index contributed by atoms with van der Waals surface area (Å²) >= 11 is 0. The molecule has 0 aliphatic rings. The number of carbonyl (C=O) groups is 1. The van der Waals surface area contributed by atoms with Crippen LogP contribution in [0.15, 0.2) is 42.6 Å². The van der Waals surface area contributed by atoms with Crippen molar-refractivity contribution in [3.8, 4) is 0 Å². The fourth-order valence-electron chi connectivity index (χ4n) is 2.38. The molecule has 4 N–H and O–H groups in total. The van der Waals surface area contributed by atoms with Gasteiger partial charge in [-0.15, -0.1) is 0 Å². The second-order valence-corrected chi connectivity index (χ2v) is 5.35. The summed E-state index contributed by atoms with van der Waals surface area (Å²) in [4.78, 5) is 16.5. The van der Waals surface area contributed by atoms with Crippen LogP contribution >= 0.6 is 0 Å². The summed E-state index contributed by atoms with van der Waals surface area (Å²) in [5, 5.41) is 16.2. The first-order valence-corrected chi connectivity index (χ1v) is 8.03. The van der Waals surface area contributed by atoms with Crippen LogP contribution in [-0.2, 0) is 4.74 Å².